The molecule has 0 saturated heterocycles. The lowest BCUT2D eigenvalue weighted by Crippen LogP contribution is -2.16. The Morgan fingerprint density at radius 2 is 2.00 bits per heavy atom. The molecule has 0 unspecified atom stereocenters. The molecule has 0 bridgehead atoms. The van der Waals surface area contributed by atoms with Gasteiger partial charge in [-0.25, -0.2) is 14.2 Å². The zero-order valence-corrected chi connectivity index (χ0v) is 12.6. The SMILES string of the molecule is O=C(O)c1cc(F)ccc1NC(=O)c1cc(Br)cnc1Cl. The molecule has 0 fully saturated rings. The van der Waals surface area contributed by atoms with Crippen LogP contribution in [0.2, 0.25) is 5.15 Å². The zero-order valence-electron chi connectivity index (χ0n) is 10.2. The Balaban J connectivity index is 2.36. The van der Waals surface area contributed by atoms with Gasteiger partial charge < -0.3 is 10.4 Å². The molecule has 1 aromatic heterocycles. The summed E-state index contributed by atoms with van der Waals surface area (Å²) in [5, 5.41) is 11.3. The van der Waals surface area contributed by atoms with E-state index in [-0.39, 0.29) is 22.0 Å². The molecular formula is C13H7BrClFN2O3. The second-order valence-corrected chi connectivity index (χ2v) is 5.21. The number of carbonyl (C=O) groups excluding carboxylic acids is 1. The van der Waals surface area contributed by atoms with Gasteiger partial charge in [-0.05, 0) is 40.2 Å². The number of anilines is 1. The molecule has 1 amide bonds. The van der Waals surface area contributed by atoms with E-state index in [2.05, 4.69) is 26.2 Å². The molecule has 0 aliphatic heterocycles. The summed E-state index contributed by atoms with van der Waals surface area (Å²) in [6.45, 7) is 0. The Kier molecular flexibility index (Phi) is 4.54. The molecule has 2 N–H and O–H groups in total. The highest BCUT2D eigenvalue weighted by atomic mass is 79.9. The number of nitrogens with zero attached hydrogens (tertiary/aromatic N) is 1. The summed E-state index contributed by atoms with van der Waals surface area (Å²) in [7, 11) is 0. The van der Waals surface area contributed by atoms with Crippen LogP contribution in [0.4, 0.5) is 10.1 Å². The number of carboxylic acids is 1. The fraction of sp³-hybridized carbons (Fsp3) is 0. The Labute approximate surface area is 131 Å². The first-order valence-electron chi connectivity index (χ1n) is 5.53. The number of aromatic nitrogens is 1. The molecule has 8 heteroatoms. The number of nitrogens with one attached hydrogen (secondary N) is 1. The van der Waals surface area contributed by atoms with Crippen molar-refractivity contribution in [1.82, 2.24) is 4.98 Å². The van der Waals surface area contributed by atoms with Gasteiger partial charge in [-0.15, -0.1) is 0 Å². The minimum Gasteiger partial charge on any atom is -0.478 e. The van der Waals surface area contributed by atoms with Crippen molar-refractivity contribution < 1.29 is 19.1 Å². The number of hydrogen-bond donors (Lipinski definition) is 2. The van der Waals surface area contributed by atoms with Crippen LogP contribution in [0.1, 0.15) is 20.7 Å². The highest BCUT2D eigenvalue weighted by Gasteiger charge is 2.17. The first-order chi connectivity index (χ1) is 9.88. The van der Waals surface area contributed by atoms with Crippen LogP contribution in [0.3, 0.4) is 0 Å². The van der Waals surface area contributed by atoms with Crippen LogP contribution in [0.5, 0.6) is 0 Å². The molecule has 108 valence electrons. The smallest absolute Gasteiger partial charge is 0.337 e. The average molecular weight is 374 g/mol. The number of rotatable bonds is 3. The van der Waals surface area contributed by atoms with E-state index in [0.29, 0.717) is 4.47 Å². The van der Waals surface area contributed by atoms with Gasteiger partial charge in [-0.2, -0.15) is 0 Å². The minimum atomic E-state index is -1.36. The van der Waals surface area contributed by atoms with Gasteiger partial charge in [0.2, 0.25) is 0 Å². The van der Waals surface area contributed by atoms with Gasteiger partial charge in [-0.1, -0.05) is 11.6 Å². The number of hydrogen-bond acceptors (Lipinski definition) is 3. The Morgan fingerprint density at radius 1 is 1.29 bits per heavy atom. The third-order valence-corrected chi connectivity index (χ3v) is 3.25. The summed E-state index contributed by atoms with van der Waals surface area (Å²) in [5.74, 6) is -2.72. The van der Waals surface area contributed by atoms with Crippen molar-refractivity contribution in [3.63, 3.8) is 0 Å². The van der Waals surface area contributed by atoms with E-state index in [1.165, 1.54) is 12.3 Å². The van der Waals surface area contributed by atoms with E-state index in [0.717, 1.165) is 18.2 Å². The highest BCUT2D eigenvalue weighted by Crippen LogP contribution is 2.22. The maximum absolute atomic E-state index is 13.1. The molecule has 0 aliphatic carbocycles. The largest absolute Gasteiger partial charge is 0.478 e. The van der Waals surface area contributed by atoms with Crippen molar-refractivity contribution in [3.05, 3.63) is 57.0 Å². The van der Waals surface area contributed by atoms with Crippen LogP contribution in [-0.4, -0.2) is 22.0 Å². The predicted molar refractivity (Wildman–Crippen MR) is 78.3 cm³/mol. The summed E-state index contributed by atoms with van der Waals surface area (Å²) in [5.41, 5.74) is -0.334. The first-order valence-corrected chi connectivity index (χ1v) is 6.71. The number of benzene rings is 1. The topological polar surface area (TPSA) is 79.3 Å². The van der Waals surface area contributed by atoms with Gasteiger partial charge in [0.25, 0.3) is 5.91 Å². The molecule has 0 spiro atoms. The van der Waals surface area contributed by atoms with Crippen molar-refractivity contribution >= 4 is 45.1 Å². The Hall–Kier alpha value is -1.99. The number of carbonyl (C=O) groups is 2. The quantitative estimate of drug-likeness (QED) is 0.806. The third kappa shape index (κ3) is 3.56. The fourth-order valence-electron chi connectivity index (χ4n) is 1.57. The summed E-state index contributed by atoms with van der Waals surface area (Å²) in [4.78, 5) is 26.9. The number of aromatic carboxylic acids is 1. The Bertz CT molecular complexity index is 739. The van der Waals surface area contributed by atoms with Gasteiger partial charge in [-0.3, -0.25) is 4.79 Å². The molecule has 0 radical (unpaired) electrons. The summed E-state index contributed by atoms with van der Waals surface area (Å²) in [6.07, 6.45) is 1.42. The molecule has 0 aliphatic rings. The standard InChI is InChI=1S/C13H7BrClFN2O3/c14-6-3-9(11(15)17-5-6)12(19)18-10-2-1-7(16)4-8(10)13(20)21/h1-5H,(H,18,19)(H,20,21). The third-order valence-electron chi connectivity index (χ3n) is 2.51. The van der Waals surface area contributed by atoms with Gasteiger partial charge in [0.05, 0.1) is 16.8 Å². The monoisotopic (exact) mass is 372 g/mol. The number of amides is 1. The predicted octanol–water partition coefficient (Wildman–Crippen LogP) is 3.59. The molecule has 5 nitrogen and oxygen atoms in total. The molecule has 2 aromatic rings. The maximum Gasteiger partial charge on any atom is 0.337 e. The van der Waals surface area contributed by atoms with E-state index in [4.69, 9.17) is 16.7 Å². The summed E-state index contributed by atoms with van der Waals surface area (Å²) >= 11 is 8.97. The van der Waals surface area contributed by atoms with Crippen LogP contribution in [0, 0.1) is 5.82 Å². The van der Waals surface area contributed by atoms with E-state index < -0.39 is 17.7 Å². The second kappa shape index (κ2) is 6.19. The van der Waals surface area contributed by atoms with Gasteiger partial charge in [0.15, 0.2) is 0 Å². The van der Waals surface area contributed by atoms with Crippen molar-refractivity contribution in [2.45, 2.75) is 0 Å². The van der Waals surface area contributed by atoms with Crippen molar-refractivity contribution in [2.24, 2.45) is 0 Å². The summed E-state index contributed by atoms with van der Waals surface area (Å²) in [6, 6.07) is 4.46. The highest BCUT2D eigenvalue weighted by molar-refractivity contribution is 9.10. The van der Waals surface area contributed by atoms with Crippen LogP contribution in [0.25, 0.3) is 0 Å². The van der Waals surface area contributed by atoms with E-state index in [1.54, 1.807) is 0 Å². The van der Waals surface area contributed by atoms with Gasteiger partial charge in [0.1, 0.15) is 11.0 Å². The van der Waals surface area contributed by atoms with E-state index >= 15 is 0 Å². The summed E-state index contributed by atoms with van der Waals surface area (Å²) < 4.78 is 13.6. The number of pyridine rings is 1. The van der Waals surface area contributed by atoms with Crippen LogP contribution in [0.15, 0.2) is 34.9 Å². The number of carboxylic acid groups (broad SMARTS) is 1. The maximum atomic E-state index is 13.1. The molecule has 21 heavy (non-hydrogen) atoms. The molecular weight excluding hydrogens is 367 g/mol. The lowest BCUT2D eigenvalue weighted by atomic mass is 10.1. The second-order valence-electron chi connectivity index (χ2n) is 3.94. The van der Waals surface area contributed by atoms with Gasteiger partial charge in [0, 0.05) is 10.7 Å². The molecule has 1 aromatic carbocycles. The molecule has 0 saturated carbocycles. The molecule has 1 heterocycles. The molecule has 2 rings (SSSR count). The normalized spacial score (nSPS) is 10.2. The lowest BCUT2D eigenvalue weighted by Gasteiger charge is -2.09. The lowest BCUT2D eigenvalue weighted by molar-refractivity contribution is 0.0697. The van der Waals surface area contributed by atoms with Crippen LogP contribution < -0.4 is 5.32 Å². The fourth-order valence-corrected chi connectivity index (χ4v) is 2.09. The number of halogens is 3. The Morgan fingerprint density at radius 3 is 2.67 bits per heavy atom. The van der Waals surface area contributed by atoms with Crippen molar-refractivity contribution in [1.29, 1.82) is 0 Å². The average Bonchev–Trinajstić information content (AvgIpc) is 2.43. The minimum absolute atomic E-state index is 0.0327. The van der Waals surface area contributed by atoms with E-state index in [1.807, 2.05) is 0 Å². The van der Waals surface area contributed by atoms with E-state index in [9.17, 15) is 14.0 Å². The van der Waals surface area contributed by atoms with Crippen molar-refractivity contribution in [2.75, 3.05) is 5.32 Å². The van der Waals surface area contributed by atoms with Gasteiger partial charge >= 0.3 is 5.97 Å². The van der Waals surface area contributed by atoms with Crippen LogP contribution in [-0.2, 0) is 0 Å². The zero-order chi connectivity index (χ0) is 15.6. The molecule has 0 atom stereocenters. The first kappa shape index (κ1) is 15.4. The van der Waals surface area contributed by atoms with Crippen molar-refractivity contribution in [3.8, 4) is 0 Å². The van der Waals surface area contributed by atoms with Crippen LogP contribution >= 0.6 is 27.5 Å².